The van der Waals surface area contributed by atoms with E-state index in [9.17, 15) is 8.42 Å². The molecular formula is C22H31N3O3S. The number of nitrogens with one attached hydrogen (secondary N) is 2. The molecule has 0 aliphatic carbocycles. The predicted octanol–water partition coefficient (Wildman–Crippen LogP) is 2.97. The maximum Gasteiger partial charge on any atom is 0.191 e. The van der Waals surface area contributed by atoms with Crippen molar-refractivity contribution < 1.29 is 13.2 Å². The topological polar surface area (TPSA) is 79.8 Å². The van der Waals surface area contributed by atoms with Crippen molar-refractivity contribution >= 4 is 15.8 Å². The van der Waals surface area contributed by atoms with Gasteiger partial charge < -0.3 is 15.4 Å². The molecule has 29 heavy (non-hydrogen) atoms. The molecule has 0 saturated carbocycles. The smallest absolute Gasteiger partial charge is 0.191 e. The molecule has 0 spiro atoms. The van der Waals surface area contributed by atoms with Gasteiger partial charge >= 0.3 is 0 Å². The largest absolute Gasteiger partial charge is 0.496 e. The van der Waals surface area contributed by atoms with E-state index in [0.29, 0.717) is 23.8 Å². The van der Waals surface area contributed by atoms with Crippen molar-refractivity contribution in [2.45, 2.75) is 31.6 Å². The predicted molar refractivity (Wildman–Crippen MR) is 119 cm³/mol. The van der Waals surface area contributed by atoms with Crippen molar-refractivity contribution in [2.24, 2.45) is 4.99 Å². The molecule has 0 amide bonds. The fourth-order valence-electron chi connectivity index (χ4n) is 2.88. The van der Waals surface area contributed by atoms with Crippen LogP contribution in [-0.4, -0.2) is 46.9 Å². The summed E-state index contributed by atoms with van der Waals surface area (Å²) in [6.45, 7) is 5.93. The molecule has 2 aromatic rings. The molecular weight excluding hydrogens is 386 g/mol. The molecule has 2 rings (SSSR count). The number of ether oxygens (including phenoxy) is 1. The summed E-state index contributed by atoms with van der Waals surface area (Å²) >= 11 is 0. The van der Waals surface area contributed by atoms with Crippen LogP contribution in [0, 0.1) is 6.92 Å². The third-order valence-electron chi connectivity index (χ3n) is 4.47. The lowest BCUT2D eigenvalue weighted by atomic mass is 10.1. The highest BCUT2D eigenvalue weighted by Crippen LogP contribution is 2.19. The Morgan fingerprint density at radius 3 is 2.55 bits per heavy atom. The first-order valence-corrected chi connectivity index (χ1v) is 11.5. The highest BCUT2D eigenvalue weighted by molar-refractivity contribution is 7.91. The summed E-state index contributed by atoms with van der Waals surface area (Å²) in [7, 11) is -1.58. The number of hydrogen-bond acceptors (Lipinski definition) is 4. The van der Waals surface area contributed by atoms with E-state index in [4.69, 9.17) is 4.74 Å². The molecule has 0 aliphatic rings. The van der Waals surface area contributed by atoms with Crippen LogP contribution in [-0.2, 0) is 16.3 Å². The third kappa shape index (κ3) is 7.42. The van der Waals surface area contributed by atoms with Crippen molar-refractivity contribution in [3.8, 4) is 5.75 Å². The molecule has 0 aromatic heterocycles. The third-order valence-corrected chi connectivity index (χ3v) is 6.28. The summed E-state index contributed by atoms with van der Waals surface area (Å²) in [6, 6.07) is 14.7. The average molecular weight is 418 g/mol. The minimum atomic E-state index is -3.26. The highest BCUT2D eigenvalue weighted by atomic mass is 32.2. The van der Waals surface area contributed by atoms with Gasteiger partial charge in [-0.3, -0.25) is 4.99 Å². The van der Waals surface area contributed by atoms with Crippen molar-refractivity contribution in [1.29, 1.82) is 0 Å². The molecule has 0 aliphatic heterocycles. The Labute approximate surface area is 174 Å². The van der Waals surface area contributed by atoms with Crippen LogP contribution in [0.3, 0.4) is 0 Å². The maximum absolute atomic E-state index is 12.3. The van der Waals surface area contributed by atoms with Crippen LogP contribution in [0.25, 0.3) is 0 Å². The number of guanidine groups is 1. The van der Waals surface area contributed by atoms with E-state index >= 15 is 0 Å². The Hall–Kier alpha value is -2.54. The minimum absolute atomic E-state index is 0.0864. The zero-order chi connectivity index (χ0) is 21.1. The standard InChI is InChI=1S/C22H31N3O3S/c1-4-23-22(25-15-13-19-12-11-18(2)21(17-19)28-3)24-14-8-16-29(26,27)20-9-6-5-7-10-20/h5-7,9-12,17H,4,8,13-16H2,1-3H3,(H2,23,24,25). The Morgan fingerprint density at radius 2 is 1.86 bits per heavy atom. The quantitative estimate of drug-likeness (QED) is 0.353. The zero-order valence-corrected chi connectivity index (χ0v) is 18.3. The Kier molecular flexibility index (Phi) is 8.99. The van der Waals surface area contributed by atoms with E-state index in [-0.39, 0.29) is 5.75 Å². The SMILES string of the molecule is CCNC(=NCCCS(=O)(=O)c1ccccc1)NCCc1ccc(C)c(OC)c1. The van der Waals surface area contributed by atoms with E-state index in [1.165, 1.54) is 5.56 Å². The van der Waals surface area contributed by atoms with Crippen LogP contribution < -0.4 is 15.4 Å². The van der Waals surface area contributed by atoms with Gasteiger partial charge in [0.1, 0.15) is 5.75 Å². The summed E-state index contributed by atoms with van der Waals surface area (Å²) in [5.74, 6) is 1.68. The van der Waals surface area contributed by atoms with Gasteiger partial charge in [0.15, 0.2) is 15.8 Å². The zero-order valence-electron chi connectivity index (χ0n) is 17.4. The minimum Gasteiger partial charge on any atom is -0.496 e. The molecule has 0 heterocycles. The molecule has 0 radical (unpaired) electrons. The Balaban J connectivity index is 1.83. The van der Waals surface area contributed by atoms with Crippen molar-refractivity contribution in [3.63, 3.8) is 0 Å². The number of sulfone groups is 1. The summed E-state index contributed by atoms with van der Waals surface area (Å²) in [4.78, 5) is 4.86. The van der Waals surface area contributed by atoms with Crippen LogP contribution in [0.2, 0.25) is 0 Å². The van der Waals surface area contributed by atoms with Crippen molar-refractivity contribution in [1.82, 2.24) is 10.6 Å². The van der Waals surface area contributed by atoms with Gasteiger partial charge in [-0.15, -0.1) is 0 Å². The van der Waals surface area contributed by atoms with Crippen LogP contribution in [0.4, 0.5) is 0 Å². The normalized spacial score (nSPS) is 11.9. The van der Waals surface area contributed by atoms with Crippen molar-refractivity contribution in [2.75, 3.05) is 32.5 Å². The van der Waals surface area contributed by atoms with Crippen molar-refractivity contribution in [3.05, 3.63) is 59.7 Å². The molecule has 0 atom stereocenters. The maximum atomic E-state index is 12.3. The second-order valence-electron chi connectivity index (χ2n) is 6.73. The van der Waals surface area contributed by atoms with Gasteiger partial charge in [0, 0.05) is 19.6 Å². The van der Waals surface area contributed by atoms with Gasteiger partial charge in [-0.25, -0.2) is 8.42 Å². The molecule has 2 N–H and O–H groups in total. The first kappa shape index (κ1) is 22.7. The molecule has 158 valence electrons. The van der Waals surface area contributed by atoms with Gasteiger partial charge in [-0.2, -0.15) is 0 Å². The number of nitrogens with zero attached hydrogens (tertiary/aromatic N) is 1. The number of aliphatic imine (C=N–C) groups is 1. The fraction of sp³-hybridized carbons (Fsp3) is 0.409. The molecule has 0 saturated heterocycles. The first-order valence-electron chi connectivity index (χ1n) is 9.89. The number of aryl methyl sites for hydroxylation is 1. The number of rotatable bonds is 10. The summed E-state index contributed by atoms with van der Waals surface area (Å²) in [5, 5.41) is 6.49. The average Bonchev–Trinajstić information content (AvgIpc) is 2.73. The fourth-order valence-corrected chi connectivity index (χ4v) is 4.19. The van der Waals surface area contributed by atoms with E-state index in [2.05, 4.69) is 33.8 Å². The second kappa shape index (κ2) is 11.5. The second-order valence-corrected chi connectivity index (χ2v) is 8.84. The number of benzene rings is 2. The van der Waals surface area contributed by atoms with E-state index in [1.807, 2.05) is 19.9 Å². The number of hydrogen-bond donors (Lipinski definition) is 2. The van der Waals surface area contributed by atoms with Gasteiger partial charge in [0.2, 0.25) is 0 Å². The van der Waals surface area contributed by atoms with E-state index < -0.39 is 9.84 Å². The Morgan fingerprint density at radius 1 is 1.10 bits per heavy atom. The monoisotopic (exact) mass is 417 g/mol. The van der Waals surface area contributed by atoms with Crippen LogP contribution in [0.1, 0.15) is 24.5 Å². The van der Waals surface area contributed by atoms with Crippen LogP contribution in [0.15, 0.2) is 58.4 Å². The lowest BCUT2D eigenvalue weighted by molar-refractivity contribution is 0.411. The summed E-state index contributed by atoms with van der Waals surface area (Å²) in [5.41, 5.74) is 2.30. The lowest BCUT2D eigenvalue weighted by Crippen LogP contribution is -2.38. The first-order chi connectivity index (χ1) is 14.0. The summed E-state index contributed by atoms with van der Waals surface area (Å²) < 4.78 is 30.0. The van der Waals surface area contributed by atoms with Gasteiger partial charge in [-0.1, -0.05) is 30.3 Å². The molecule has 2 aromatic carbocycles. The van der Waals surface area contributed by atoms with E-state index in [0.717, 1.165) is 30.8 Å². The Bertz CT molecular complexity index is 897. The number of methoxy groups -OCH3 is 1. The highest BCUT2D eigenvalue weighted by Gasteiger charge is 2.12. The van der Waals surface area contributed by atoms with Crippen LogP contribution in [0.5, 0.6) is 5.75 Å². The van der Waals surface area contributed by atoms with Gasteiger partial charge in [0.25, 0.3) is 0 Å². The molecule has 0 fully saturated rings. The van der Waals surface area contributed by atoms with Gasteiger partial charge in [0.05, 0.1) is 17.8 Å². The van der Waals surface area contributed by atoms with Crippen LogP contribution >= 0.6 is 0 Å². The lowest BCUT2D eigenvalue weighted by Gasteiger charge is -2.12. The van der Waals surface area contributed by atoms with E-state index in [1.54, 1.807) is 31.4 Å². The molecule has 0 bridgehead atoms. The van der Waals surface area contributed by atoms with Gasteiger partial charge in [-0.05, 0) is 56.0 Å². The molecule has 7 heteroatoms. The molecule has 0 unspecified atom stereocenters. The summed E-state index contributed by atoms with van der Waals surface area (Å²) in [6.07, 6.45) is 1.31. The molecule has 6 nitrogen and oxygen atoms in total.